The highest BCUT2D eigenvalue weighted by Gasteiger charge is 2.21. The van der Waals surface area contributed by atoms with Crippen molar-refractivity contribution in [3.63, 3.8) is 0 Å². The molecule has 2 aromatic rings. The number of hydrogen-bond donors (Lipinski definition) is 6. The van der Waals surface area contributed by atoms with Gasteiger partial charge in [-0.3, -0.25) is 0 Å². The quantitative estimate of drug-likeness (QED) is 0.402. The van der Waals surface area contributed by atoms with E-state index in [0.717, 1.165) is 11.1 Å². The summed E-state index contributed by atoms with van der Waals surface area (Å²) in [7, 11) is 0. The molecule has 0 fully saturated rings. The van der Waals surface area contributed by atoms with Gasteiger partial charge in [0.1, 0.15) is 0 Å². The van der Waals surface area contributed by atoms with Crippen LogP contribution in [0.15, 0.2) is 48.5 Å². The second-order valence-electron chi connectivity index (χ2n) is 5.77. The number of benzene rings is 2. The lowest BCUT2D eigenvalue weighted by atomic mass is 10.0. The summed E-state index contributed by atoms with van der Waals surface area (Å²) >= 11 is 0. The predicted molar refractivity (Wildman–Crippen MR) is 92.6 cm³/mol. The Bertz CT molecular complexity index is 693. The predicted octanol–water partition coefficient (Wildman–Crippen LogP) is 1.43. The molecule has 0 radical (unpaired) electrons. The van der Waals surface area contributed by atoms with E-state index < -0.39 is 18.2 Å². The van der Waals surface area contributed by atoms with Gasteiger partial charge < -0.3 is 31.1 Å². The van der Waals surface area contributed by atoms with Crippen molar-refractivity contribution in [2.45, 2.75) is 25.1 Å². The zero-order valence-corrected chi connectivity index (χ0v) is 13.6. The molecule has 2 atom stereocenters. The van der Waals surface area contributed by atoms with E-state index in [1.54, 1.807) is 6.07 Å². The van der Waals surface area contributed by atoms with Crippen molar-refractivity contribution in [1.82, 2.24) is 10.6 Å². The molecular formula is C18H22N2O5. The van der Waals surface area contributed by atoms with E-state index in [1.807, 2.05) is 30.3 Å². The highest BCUT2D eigenvalue weighted by Crippen LogP contribution is 2.24. The van der Waals surface area contributed by atoms with Crippen LogP contribution >= 0.6 is 0 Å². The van der Waals surface area contributed by atoms with Gasteiger partial charge in [0.2, 0.25) is 0 Å². The number of aliphatic hydroxyl groups is 1. The molecule has 0 aliphatic rings. The van der Waals surface area contributed by atoms with E-state index in [-0.39, 0.29) is 18.0 Å². The molecule has 0 heterocycles. The second-order valence-corrected chi connectivity index (χ2v) is 5.77. The first kappa shape index (κ1) is 18.6. The smallest absolute Gasteiger partial charge is 0.404 e. The van der Waals surface area contributed by atoms with Crippen LogP contribution in [0.2, 0.25) is 0 Å². The number of carboxylic acid groups (broad SMARTS) is 1. The van der Waals surface area contributed by atoms with Crippen LogP contribution in [0.5, 0.6) is 11.5 Å². The lowest BCUT2D eigenvalue weighted by molar-refractivity contribution is 0.117. The van der Waals surface area contributed by atoms with Gasteiger partial charge in [0.15, 0.2) is 11.5 Å². The van der Waals surface area contributed by atoms with Crippen molar-refractivity contribution in [1.29, 1.82) is 0 Å². The van der Waals surface area contributed by atoms with E-state index in [0.29, 0.717) is 13.0 Å². The summed E-state index contributed by atoms with van der Waals surface area (Å²) in [5, 5.41) is 43.4. The summed E-state index contributed by atoms with van der Waals surface area (Å²) in [6.45, 7) is 0.523. The maximum Gasteiger partial charge on any atom is 0.404 e. The Labute approximate surface area is 145 Å². The van der Waals surface area contributed by atoms with E-state index in [2.05, 4.69) is 10.6 Å². The summed E-state index contributed by atoms with van der Waals surface area (Å²) in [5.74, 6) is -0.410. The Morgan fingerprint density at radius 3 is 2.36 bits per heavy atom. The maximum absolute atomic E-state index is 11.0. The molecule has 7 heteroatoms. The van der Waals surface area contributed by atoms with Crippen molar-refractivity contribution in [2.24, 2.45) is 0 Å². The molecule has 7 nitrogen and oxygen atoms in total. The fourth-order valence-corrected chi connectivity index (χ4v) is 2.50. The van der Waals surface area contributed by atoms with Crippen LogP contribution in [0.1, 0.15) is 11.1 Å². The van der Waals surface area contributed by atoms with Gasteiger partial charge in [0.25, 0.3) is 0 Å². The number of aromatic hydroxyl groups is 2. The van der Waals surface area contributed by atoms with Crippen molar-refractivity contribution < 1.29 is 25.2 Å². The van der Waals surface area contributed by atoms with E-state index >= 15 is 0 Å². The molecular weight excluding hydrogens is 324 g/mol. The lowest BCUT2D eigenvalue weighted by Gasteiger charge is -2.23. The normalized spacial score (nSPS) is 13.2. The van der Waals surface area contributed by atoms with Crippen molar-refractivity contribution in [2.75, 3.05) is 6.54 Å². The fraction of sp³-hybridized carbons (Fsp3) is 0.278. The molecule has 1 amide bonds. The molecule has 0 saturated carbocycles. The van der Waals surface area contributed by atoms with Gasteiger partial charge in [0.05, 0.1) is 12.1 Å². The van der Waals surface area contributed by atoms with Gasteiger partial charge in [-0.1, -0.05) is 36.4 Å². The first-order valence-electron chi connectivity index (χ1n) is 7.88. The van der Waals surface area contributed by atoms with Gasteiger partial charge in [-0.25, -0.2) is 4.79 Å². The number of phenolic OH excluding ortho intramolecular Hbond substituents is 2. The van der Waals surface area contributed by atoms with Crippen LogP contribution in [0.25, 0.3) is 0 Å². The number of nitrogens with one attached hydrogen (secondary N) is 2. The number of hydrogen-bond acceptors (Lipinski definition) is 5. The van der Waals surface area contributed by atoms with Gasteiger partial charge >= 0.3 is 6.09 Å². The average molecular weight is 346 g/mol. The van der Waals surface area contributed by atoms with Gasteiger partial charge in [-0.15, -0.1) is 0 Å². The Morgan fingerprint density at radius 2 is 1.72 bits per heavy atom. The van der Waals surface area contributed by atoms with Crippen molar-refractivity contribution >= 4 is 6.09 Å². The fourth-order valence-electron chi connectivity index (χ4n) is 2.50. The van der Waals surface area contributed by atoms with E-state index in [1.165, 1.54) is 12.1 Å². The zero-order chi connectivity index (χ0) is 18.2. The minimum absolute atomic E-state index is 0.166. The Morgan fingerprint density at radius 1 is 1.00 bits per heavy atom. The highest BCUT2D eigenvalue weighted by atomic mass is 16.4. The monoisotopic (exact) mass is 346 g/mol. The highest BCUT2D eigenvalue weighted by molar-refractivity contribution is 5.65. The number of rotatable bonds is 8. The molecule has 2 rings (SSSR count). The molecule has 2 aromatic carbocycles. The molecule has 6 N–H and O–H groups in total. The van der Waals surface area contributed by atoms with Crippen LogP contribution < -0.4 is 10.6 Å². The van der Waals surface area contributed by atoms with Crippen molar-refractivity contribution in [3.8, 4) is 11.5 Å². The van der Waals surface area contributed by atoms with Gasteiger partial charge in [-0.2, -0.15) is 0 Å². The molecule has 0 bridgehead atoms. The molecule has 0 aliphatic carbocycles. The third-order valence-electron chi connectivity index (χ3n) is 3.79. The first-order valence-corrected chi connectivity index (χ1v) is 7.88. The third kappa shape index (κ3) is 5.98. The van der Waals surface area contributed by atoms with Gasteiger partial charge in [-0.05, 0) is 29.7 Å². The van der Waals surface area contributed by atoms with Crippen LogP contribution in [-0.2, 0) is 13.0 Å². The Kier molecular flexibility index (Phi) is 6.62. The largest absolute Gasteiger partial charge is 0.504 e. The third-order valence-corrected chi connectivity index (χ3v) is 3.79. The van der Waals surface area contributed by atoms with E-state index in [4.69, 9.17) is 5.11 Å². The molecule has 2 unspecified atom stereocenters. The van der Waals surface area contributed by atoms with Crippen molar-refractivity contribution in [3.05, 3.63) is 59.7 Å². The standard InChI is InChI=1S/C18H22N2O5/c21-15-7-6-13(9-16(15)22)10-19-11-17(23)14(20-18(24)25)8-12-4-2-1-3-5-12/h1-7,9,14,17,19-23H,8,10-11H2,(H,24,25). The molecule has 0 saturated heterocycles. The zero-order valence-electron chi connectivity index (χ0n) is 13.6. The molecule has 0 spiro atoms. The van der Waals surface area contributed by atoms with Crippen LogP contribution in [0.3, 0.4) is 0 Å². The topological polar surface area (TPSA) is 122 Å². The second kappa shape index (κ2) is 8.91. The summed E-state index contributed by atoms with van der Waals surface area (Å²) < 4.78 is 0. The lowest BCUT2D eigenvalue weighted by Crippen LogP contribution is -2.48. The molecule has 0 aromatic heterocycles. The van der Waals surface area contributed by atoms with Crippen LogP contribution in [0.4, 0.5) is 4.79 Å². The molecule has 134 valence electrons. The van der Waals surface area contributed by atoms with E-state index in [9.17, 15) is 20.1 Å². The Hall–Kier alpha value is -2.77. The summed E-state index contributed by atoms with van der Waals surface area (Å²) in [4.78, 5) is 11.0. The maximum atomic E-state index is 11.0. The molecule has 0 aliphatic heterocycles. The summed E-state index contributed by atoms with van der Waals surface area (Å²) in [6, 6.07) is 13.1. The summed E-state index contributed by atoms with van der Waals surface area (Å²) in [5.41, 5.74) is 1.65. The number of phenols is 2. The minimum atomic E-state index is -1.19. The minimum Gasteiger partial charge on any atom is -0.504 e. The van der Waals surface area contributed by atoms with Crippen LogP contribution in [0, 0.1) is 0 Å². The molecule has 25 heavy (non-hydrogen) atoms. The number of amides is 1. The first-order chi connectivity index (χ1) is 12.0. The summed E-state index contributed by atoms with van der Waals surface area (Å²) in [6.07, 6.45) is -1.75. The Balaban J connectivity index is 1.90. The van der Waals surface area contributed by atoms with Gasteiger partial charge in [0, 0.05) is 13.1 Å². The number of aliphatic hydroxyl groups excluding tert-OH is 1. The SMILES string of the molecule is O=C(O)NC(Cc1ccccc1)C(O)CNCc1ccc(O)c(O)c1. The number of carbonyl (C=O) groups is 1. The average Bonchev–Trinajstić information content (AvgIpc) is 2.58. The van der Waals surface area contributed by atoms with Crippen LogP contribution in [-0.4, -0.2) is 45.2 Å².